The van der Waals surface area contributed by atoms with Crippen molar-refractivity contribution in [3.05, 3.63) is 47.6 Å². The molecule has 1 amide bonds. The number of fused-ring (bicyclic) bond motifs is 3. The van der Waals surface area contributed by atoms with Crippen molar-refractivity contribution < 1.29 is 81.8 Å². The number of cyclic esters (lactones) is 1. The highest BCUT2D eigenvalue weighted by Crippen LogP contribution is 2.39. The number of carbonyl (C=O) groups excluding carboxylic acids is 6. The first-order valence-corrected chi connectivity index (χ1v) is 27.8. The molecule has 0 radical (unpaired) electrons. The number of rotatable bonds is 8. The van der Waals surface area contributed by atoms with Gasteiger partial charge in [0.25, 0.3) is 11.7 Å². The second-order valence-electron chi connectivity index (χ2n) is 22.7. The van der Waals surface area contributed by atoms with Gasteiger partial charge in [-0.05, 0) is 121 Å². The number of hydrogen-bond acceptors (Lipinski definition) is 17. The molecule has 0 aromatic rings. The third kappa shape index (κ3) is 17.5. The number of hydrogen-bond donors (Lipinski definition) is 3. The van der Waals surface area contributed by atoms with E-state index in [1.165, 1.54) is 12.0 Å². The van der Waals surface area contributed by atoms with Crippen LogP contribution in [0.2, 0.25) is 6.82 Å². The summed E-state index contributed by atoms with van der Waals surface area (Å²) in [5, 5.41) is 30.6. The molecule has 18 nitrogen and oxygen atoms in total. The van der Waals surface area contributed by atoms with E-state index in [4.69, 9.17) is 42.8 Å². The lowest BCUT2D eigenvalue weighted by atomic mass is 9.78. The van der Waals surface area contributed by atoms with Gasteiger partial charge in [-0.25, -0.2) is 4.79 Å². The number of amides is 1. The molecule has 3 saturated heterocycles. The first-order valence-electron chi connectivity index (χ1n) is 27.8. The average Bonchev–Trinajstić information content (AvgIpc) is 3.42. The second kappa shape index (κ2) is 30.6. The van der Waals surface area contributed by atoms with E-state index in [9.17, 15) is 39.0 Å². The molecule has 19 heteroatoms. The van der Waals surface area contributed by atoms with Crippen LogP contribution >= 0.6 is 0 Å². The molecule has 15 atom stereocenters. The largest absolute Gasteiger partial charge is 0.460 e. The quantitative estimate of drug-likeness (QED) is 0.102. The van der Waals surface area contributed by atoms with Crippen LogP contribution in [0.1, 0.15) is 132 Å². The number of carbonyl (C=O) groups is 6. The summed E-state index contributed by atoms with van der Waals surface area (Å²) < 4.78 is 47.2. The second-order valence-corrected chi connectivity index (χ2v) is 22.7. The summed E-state index contributed by atoms with van der Waals surface area (Å²) in [5.74, 6) is -8.80. The van der Waals surface area contributed by atoms with Gasteiger partial charge in [0.1, 0.15) is 41.7 Å². The zero-order valence-electron chi connectivity index (χ0n) is 48.2. The number of esters is 2. The number of allylic oxidation sites excluding steroid dienone is 6. The molecule has 4 fully saturated rings. The van der Waals surface area contributed by atoms with Crippen LogP contribution in [0.3, 0.4) is 0 Å². The molecule has 4 heterocycles. The number of aliphatic hydroxyl groups excluding tert-OH is 2. The number of piperidine rings is 1. The summed E-state index contributed by atoms with van der Waals surface area (Å²) >= 11 is 0. The van der Waals surface area contributed by atoms with E-state index in [0.29, 0.717) is 69.8 Å². The van der Waals surface area contributed by atoms with Crippen molar-refractivity contribution in [3.8, 4) is 0 Å². The van der Waals surface area contributed by atoms with Crippen LogP contribution < -0.4 is 0 Å². The molecule has 77 heavy (non-hydrogen) atoms. The first-order chi connectivity index (χ1) is 36.5. The Morgan fingerprint density at radius 3 is 2.19 bits per heavy atom. The maximum Gasteiger partial charge on any atom is 0.453 e. The van der Waals surface area contributed by atoms with Gasteiger partial charge in [0, 0.05) is 78.8 Å². The summed E-state index contributed by atoms with van der Waals surface area (Å²) in [6.07, 6.45) is 10.5. The van der Waals surface area contributed by atoms with Crippen molar-refractivity contribution in [1.82, 2.24) is 4.90 Å². The standard InChI is InChI=1S/C57H88BNO16.CH4O/c1-34-18-14-13-15-19-35(2)46(68-10)30-42-23-21-40(7)57(67,75-42)52(63)53(64)59-25-17-16-20-43(59)54(65)73-47(31-44(60)36(3)27-39(6)50(62)51(70-12)49(61)38(5)26-34)37(4)28-41-22-24-45(48(29-41)69-11)74-55(66)56(8)32-71-58(9)72-33-56;1-2/h13-15,18-19,27,34,36-38,40-43,45-48,50-51,62,67H,16-17,20-26,28-33H2,1-12H3;2H,1H3/b15-13+,18-14+,35-19+,39-27+;/t34-,36-,37-,38-,40-,41+,42+,43+,45-,46+,47+,48-,50-,51+,57-;/m1./s1. The van der Waals surface area contributed by atoms with E-state index in [0.717, 1.165) is 12.7 Å². The Labute approximate surface area is 458 Å². The smallest absolute Gasteiger partial charge is 0.453 e. The predicted octanol–water partition coefficient (Wildman–Crippen LogP) is 6.51. The van der Waals surface area contributed by atoms with Crippen LogP contribution in [0.25, 0.3) is 0 Å². The summed E-state index contributed by atoms with van der Waals surface area (Å²) in [7, 11) is 5.10. The SMILES string of the molecule is CO.CO[C@H]1C[C@@H]2CC[C@@H](C)[C@@](O)(O2)C(=O)C(=O)N2CCCC[C@H]2C(=O)O[C@H]([C@H](C)C[C@@H]2CC[C@@H](OC(=O)C3(C)COB(C)OC3)[C@H](OC)C2)CC(=O)[C@H](C)/C=C(\C)[C@@H](O)[C@@H](OC)C(=O)[C@H](C)C[C@H](C)/C=C/C=C/C=C/1C. The molecule has 1 aliphatic carbocycles. The Balaban J connectivity index is 0.00000632. The van der Waals surface area contributed by atoms with E-state index in [2.05, 4.69) is 0 Å². The molecule has 0 unspecified atom stereocenters. The molecule has 4 aliphatic heterocycles. The van der Waals surface area contributed by atoms with Gasteiger partial charge in [-0.2, -0.15) is 0 Å². The molecule has 5 rings (SSSR count). The maximum atomic E-state index is 14.6. The Bertz CT molecular complexity index is 2100. The van der Waals surface area contributed by atoms with Crippen LogP contribution in [-0.4, -0.2) is 165 Å². The molecule has 3 N–H and O–H groups in total. The Hall–Kier alpha value is -3.92. The van der Waals surface area contributed by atoms with Gasteiger partial charge in [0.05, 0.1) is 18.3 Å². The number of aliphatic hydroxyl groups is 3. The van der Waals surface area contributed by atoms with Gasteiger partial charge < -0.3 is 57.9 Å². The van der Waals surface area contributed by atoms with Crippen LogP contribution in [0.5, 0.6) is 0 Å². The van der Waals surface area contributed by atoms with Gasteiger partial charge in [0.15, 0.2) is 5.78 Å². The molecule has 5 aliphatic rings. The Morgan fingerprint density at radius 2 is 1.55 bits per heavy atom. The van der Waals surface area contributed by atoms with E-state index >= 15 is 0 Å². The van der Waals surface area contributed by atoms with Gasteiger partial charge in [-0.3, -0.25) is 24.0 Å². The van der Waals surface area contributed by atoms with Crippen molar-refractivity contribution >= 4 is 42.3 Å². The molecule has 1 saturated carbocycles. The molecule has 0 aromatic carbocycles. The summed E-state index contributed by atoms with van der Waals surface area (Å²) in [6.45, 7) is 16.5. The minimum atomic E-state index is -2.46. The fourth-order valence-electron chi connectivity index (χ4n) is 11.3. The number of Topliss-reactive ketones (excluding diaryl/α,β-unsaturated/α-hetero) is 3. The first kappa shape index (κ1) is 65.6. The monoisotopic (exact) mass is 1090 g/mol. The fourth-order valence-corrected chi connectivity index (χ4v) is 11.3. The minimum Gasteiger partial charge on any atom is -0.460 e. The van der Waals surface area contributed by atoms with E-state index in [1.54, 1.807) is 54.8 Å². The number of ether oxygens (including phenoxy) is 6. The van der Waals surface area contributed by atoms with Gasteiger partial charge in [-0.15, -0.1) is 0 Å². The molecule has 0 aromatic heterocycles. The van der Waals surface area contributed by atoms with Crippen LogP contribution in [-0.2, 0) is 66.5 Å². The van der Waals surface area contributed by atoms with E-state index < -0.39 is 114 Å². The Kier molecular flexibility index (Phi) is 26.1. The van der Waals surface area contributed by atoms with Crippen LogP contribution in [0, 0.1) is 40.9 Å². The molecular formula is C58H92BNO17. The van der Waals surface area contributed by atoms with Gasteiger partial charge in [-0.1, -0.05) is 71.1 Å². The van der Waals surface area contributed by atoms with E-state index in [1.807, 2.05) is 58.1 Å². The molecule has 0 spiro atoms. The number of ketones is 3. The minimum absolute atomic E-state index is 0.00142. The van der Waals surface area contributed by atoms with Crippen molar-refractivity contribution in [2.75, 3.05) is 48.2 Å². The van der Waals surface area contributed by atoms with E-state index in [-0.39, 0.29) is 56.0 Å². The average molecular weight is 1090 g/mol. The van der Waals surface area contributed by atoms with Crippen molar-refractivity contribution in [1.29, 1.82) is 0 Å². The predicted molar refractivity (Wildman–Crippen MR) is 289 cm³/mol. The van der Waals surface area contributed by atoms with Gasteiger partial charge >= 0.3 is 19.1 Å². The normalized spacial score (nSPS) is 37.6. The lowest BCUT2D eigenvalue weighted by Crippen LogP contribution is -2.61. The summed E-state index contributed by atoms with van der Waals surface area (Å²) in [4.78, 5) is 86.1. The topological polar surface area (TPSA) is 240 Å². The lowest BCUT2D eigenvalue weighted by molar-refractivity contribution is -0.265. The zero-order chi connectivity index (χ0) is 57.4. The summed E-state index contributed by atoms with van der Waals surface area (Å²) in [6, 6.07) is -1.18. The summed E-state index contributed by atoms with van der Waals surface area (Å²) in [5.41, 5.74) is 0.269. The number of methoxy groups -OCH3 is 3. The van der Waals surface area contributed by atoms with Crippen molar-refractivity contribution in [3.63, 3.8) is 0 Å². The zero-order valence-corrected chi connectivity index (χ0v) is 48.2. The fraction of sp³-hybridized carbons (Fsp3) is 0.759. The Morgan fingerprint density at radius 1 is 0.857 bits per heavy atom. The third-order valence-electron chi connectivity index (χ3n) is 16.5. The van der Waals surface area contributed by atoms with Crippen LogP contribution in [0.4, 0.5) is 0 Å². The van der Waals surface area contributed by atoms with Crippen molar-refractivity contribution in [2.45, 2.75) is 194 Å². The molecular weight excluding hydrogens is 993 g/mol. The van der Waals surface area contributed by atoms with Gasteiger partial charge in [0.2, 0.25) is 5.79 Å². The van der Waals surface area contributed by atoms with Crippen molar-refractivity contribution in [2.24, 2.45) is 40.9 Å². The lowest BCUT2D eigenvalue weighted by Gasteiger charge is -2.42. The number of nitrogens with zero attached hydrogens (tertiary/aromatic N) is 1. The highest BCUT2D eigenvalue weighted by Gasteiger charge is 2.53. The highest BCUT2D eigenvalue weighted by molar-refractivity contribution is 6.42. The third-order valence-corrected chi connectivity index (χ3v) is 16.5. The highest BCUT2D eigenvalue weighted by atomic mass is 16.6. The maximum absolute atomic E-state index is 14.6. The molecule has 2 bridgehead atoms. The molecule has 434 valence electrons. The van der Waals surface area contributed by atoms with Crippen LogP contribution in [0.15, 0.2) is 47.6 Å².